The third-order valence-corrected chi connectivity index (χ3v) is 2.92. The molecule has 90 valence electrons. The minimum absolute atomic E-state index is 0.0611. The number of rotatable bonds is 4. The number of hydrogen-bond donors (Lipinski definition) is 2. The van der Waals surface area contributed by atoms with Crippen LogP contribution < -0.4 is 5.73 Å². The van der Waals surface area contributed by atoms with E-state index < -0.39 is 0 Å². The fourth-order valence-corrected chi connectivity index (χ4v) is 2.20. The number of aliphatic hydroxyl groups is 1. The molecule has 3 N–H and O–H groups in total. The third kappa shape index (κ3) is 3.72. The third-order valence-electron chi connectivity index (χ3n) is 2.92. The average molecular weight is 216 g/mol. The van der Waals surface area contributed by atoms with Crippen LogP contribution in [-0.4, -0.2) is 54.0 Å². The summed E-state index contributed by atoms with van der Waals surface area (Å²) in [5, 5.41) is 9.18. The molecule has 2 unspecified atom stereocenters. The van der Waals surface area contributed by atoms with E-state index >= 15 is 0 Å². The van der Waals surface area contributed by atoms with Gasteiger partial charge in [0, 0.05) is 19.1 Å². The number of aliphatic hydroxyl groups excluding tert-OH is 1. The Hall–Kier alpha value is -0.160. The van der Waals surface area contributed by atoms with Crippen LogP contribution in [0.2, 0.25) is 0 Å². The summed E-state index contributed by atoms with van der Waals surface area (Å²) in [4.78, 5) is 2.36. The highest BCUT2D eigenvalue weighted by atomic mass is 16.5. The van der Waals surface area contributed by atoms with Gasteiger partial charge >= 0.3 is 0 Å². The van der Waals surface area contributed by atoms with Gasteiger partial charge in [0.25, 0.3) is 0 Å². The van der Waals surface area contributed by atoms with Gasteiger partial charge in [0.15, 0.2) is 0 Å². The van der Waals surface area contributed by atoms with Gasteiger partial charge < -0.3 is 15.6 Å². The molecule has 4 nitrogen and oxygen atoms in total. The van der Waals surface area contributed by atoms with E-state index in [1.54, 1.807) is 0 Å². The largest absolute Gasteiger partial charge is 0.394 e. The van der Waals surface area contributed by atoms with E-state index in [9.17, 15) is 5.11 Å². The van der Waals surface area contributed by atoms with Crippen LogP contribution in [0, 0.1) is 0 Å². The second-order valence-corrected chi connectivity index (χ2v) is 5.04. The first kappa shape index (κ1) is 12.9. The first-order chi connectivity index (χ1) is 6.98. The first-order valence-electron chi connectivity index (χ1n) is 5.71. The molecule has 0 aromatic carbocycles. The van der Waals surface area contributed by atoms with Gasteiger partial charge in [-0.15, -0.1) is 0 Å². The molecular weight excluding hydrogens is 192 g/mol. The van der Waals surface area contributed by atoms with Crippen LogP contribution in [0.15, 0.2) is 0 Å². The monoisotopic (exact) mass is 216 g/mol. The average Bonchev–Trinajstić information content (AvgIpc) is 2.15. The van der Waals surface area contributed by atoms with E-state index in [0.29, 0.717) is 12.6 Å². The Kier molecular flexibility index (Phi) is 4.52. The fourth-order valence-electron chi connectivity index (χ4n) is 2.20. The highest BCUT2D eigenvalue weighted by Gasteiger charge is 2.34. The smallest absolute Gasteiger partial charge is 0.0940 e. The van der Waals surface area contributed by atoms with E-state index in [1.807, 2.05) is 0 Å². The molecule has 1 fully saturated rings. The summed E-state index contributed by atoms with van der Waals surface area (Å²) in [6.45, 7) is 8.83. The van der Waals surface area contributed by atoms with E-state index in [4.69, 9.17) is 10.5 Å². The SMILES string of the molecule is CC(CCN)N1CC(CO)OC(C)(C)C1. The molecule has 0 radical (unpaired) electrons. The summed E-state index contributed by atoms with van der Waals surface area (Å²) in [5.74, 6) is 0. The topological polar surface area (TPSA) is 58.7 Å². The van der Waals surface area contributed by atoms with Crippen LogP contribution >= 0.6 is 0 Å². The molecule has 0 aromatic heterocycles. The Morgan fingerprint density at radius 3 is 2.80 bits per heavy atom. The quantitative estimate of drug-likeness (QED) is 0.704. The Labute approximate surface area is 92.4 Å². The maximum atomic E-state index is 9.18. The highest BCUT2D eigenvalue weighted by molar-refractivity contribution is 4.86. The zero-order chi connectivity index (χ0) is 11.5. The summed E-state index contributed by atoms with van der Waals surface area (Å²) in [6.07, 6.45) is 0.933. The lowest BCUT2D eigenvalue weighted by Gasteiger charge is -2.44. The summed E-state index contributed by atoms with van der Waals surface area (Å²) in [7, 11) is 0. The van der Waals surface area contributed by atoms with Crippen molar-refractivity contribution in [2.24, 2.45) is 5.73 Å². The van der Waals surface area contributed by atoms with E-state index in [-0.39, 0.29) is 18.3 Å². The molecule has 1 heterocycles. The molecular formula is C11H24N2O2. The van der Waals surface area contributed by atoms with Crippen molar-refractivity contribution in [3.63, 3.8) is 0 Å². The van der Waals surface area contributed by atoms with Gasteiger partial charge in [0.1, 0.15) is 0 Å². The predicted octanol–water partition coefficient (Wildman–Crippen LogP) is 0.195. The minimum Gasteiger partial charge on any atom is -0.394 e. The lowest BCUT2D eigenvalue weighted by molar-refractivity contribution is -0.155. The van der Waals surface area contributed by atoms with Crippen LogP contribution in [-0.2, 0) is 4.74 Å². The van der Waals surface area contributed by atoms with Crippen molar-refractivity contribution >= 4 is 0 Å². The lowest BCUT2D eigenvalue weighted by atomic mass is 10.0. The van der Waals surface area contributed by atoms with Gasteiger partial charge in [-0.3, -0.25) is 4.90 Å². The number of hydrogen-bond acceptors (Lipinski definition) is 4. The van der Waals surface area contributed by atoms with Crippen molar-refractivity contribution < 1.29 is 9.84 Å². The van der Waals surface area contributed by atoms with Crippen molar-refractivity contribution in [1.82, 2.24) is 4.90 Å². The lowest BCUT2D eigenvalue weighted by Crippen LogP contribution is -2.56. The van der Waals surface area contributed by atoms with Gasteiger partial charge in [0.05, 0.1) is 18.3 Å². The van der Waals surface area contributed by atoms with E-state index in [1.165, 1.54) is 0 Å². The van der Waals surface area contributed by atoms with Crippen molar-refractivity contribution in [3.05, 3.63) is 0 Å². The van der Waals surface area contributed by atoms with Gasteiger partial charge in [-0.05, 0) is 33.7 Å². The maximum absolute atomic E-state index is 9.18. The van der Waals surface area contributed by atoms with Crippen LogP contribution in [0.1, 0.15) is 27.2 Å². The summed E-state index contributed by atoms with van der Waals surface area (Å²) in [5.41, 5.74) is 5.39. The van der Waals surface area contributed by atoms with Crippen LogP contribution in [0.4, 0.5) is 0 Å². The maximum Gasteiger partial charge on any atom is 0.0940 e. The second kappa shape index (κ2) is 5.25. The Balaban J connectivity index is 2.57. The molecule has 1 aliphatic heterocycles. The number of nitrogens with two attached hydrogens (primary N) is 1. The summed E-state index contributed by atoms with van der Waals surface area (Å²) >= 11 is 0. The van der Waals surface area contributed by atoms with Crippen molar-refractivity contribution in [2.75, 3.05) is 26.2 Å². The molecule has 4 heteroatoms. The zero-order valence-corrected chi connectivity index (χ0v) is 10.1. The second-order valence-electron chi connectivity index (χ2n) is 5.04. The molecule has 15 heavy (non-hydrogen) atoms. The Morgan fingerprint density at radius 2 is 2.27 bits per heavy atom. The number of nitrogens with zero attached hydrogens (tertiary/aromatic N) is 1. The van der Waals surface area contributed by atoms with Crippen LogP contribution in [0.3, 0.4) is 0 Å². The minimum atomic E-state index is -0.172. The van der Waals surface area contributed by atoms with Gasteiger partial charge in [0.2, 0.25) is 0 Å². The fraction of sp³-hybridized carbons (Fsp3) is 1.00. The molecule has 1 saturated heterocycles. The van der Waals surface area contributed by atoms with Gasteiger partial charge in [-0.2, -0.15) is 0 Å². The molecule has 1 rings (SSSR count). The molecule has 2 atom stereocenters. The molecule has 0 saturated carbocycles. The molecule has 0 spiro atoms. The zero-order valence-electron chi connectivity index (χ0n) is 10.1. The summed E-state index contributed by atoms with van der Waals surface area (Å²) in [6, 6.07) is 0.465. The van der Waals surface area contributed by atoms with Gasteiger partial charge in [-0.25, -0.2) is 0 Å². The molecule has 0 amide bonds. The van der Waals surface area contributed by atoms with Crippen molar-refractivity contribution in [3.8, 4) is 0 Å². The Morgan fingerprint density at radius 1 is 1.60 bits per heavy atom. The van der Waals surface area contributed by atoms with E-state index in [0.717, 1.165) is 19.5 Å². The van der Waals surface area contributed by atoms with E-state index in [2.05, 4.69) is 25.7 Å². The van der Waals surface area contributed by atoms with Crippen molar-refractivity contribution in [1.29, 1.82) is 0 Å². The summed E-state index contributed by atoms with van der Waals surface area (Å²) < 4.78 is 5.76. The molecule has 1 aliphatic rings. The normalized spacial score (nSPS) is 29.0. The number of morpholine rings is 1. The van der Waals surface area contributed by atoms with Crippen LogP contribution in [0.5, 0.6) is 0 Å². The molecule has 0 aromatic rings. The van der Waals surface area contributed by atoms with Crippen molar-refractivity contribution in [2.45, 2.75) is 44.9 Å². The highest BCUT2D eigenvalue weighted by Crippen LogP contribution is 2.23. The number of ether oxygens (including phenoxy) is 1. The Bertz CT molecular complexity index is 197. The van der Waals surface area contributed by atoms with Crippen LogP contribution in [0.25, 0.3) is 0 Å². The molecule has 0 aliphatic carbocycles. The standard InChI is InChI=1S/C11H24N2O2/c1-9(4-5-12)13-6-10(7-14)15-11(2,3)8-13/h9-10,14H,4-8,12H2,1-3H3. The van der Waals surface area contributed by atoms with Gasteiger partial charge in [-0.1, -0.05) is 0 Å². The predicted molar refractivity (Wildman–Crippen MR) is 60.7 cm³/mol. The molecule has 0 bridgehead atoms. The first-order valence-corrected chi connectivity index (χ1v) is 5.71.